The number of benzene rings is 12. The van der Waals surface area contributed by atoms with Crippen molar-refractivity contribution in [2.75, 3.05) is 11.1 Å². The molecule has 0 saturated heterocycles. The number of hydrogen-bond acceptors (Lipinski definition) is 4. The van der Waals surface area contributed by atoms with Crippen molar-refractivity contribution in [2.24, 2.45) is 0 Å². The van der Waals surface area contributed by atoms with E-state index in [9.17, 15) is 0 Å². The van der Waals surface area contributed by atoms with Gasteiger partial charge in [0.05, 0.1) is 0 Å². The Morgan fingerprint density at radius 1 is 0.321 bits per heavy atom. The van der Waals surface area contributed by atoms with Crippen LogP contribution in [0.25, 0.3) is 110 Å². The molecule has 12 aromatic carbocycles. The molecule has 3 N–H and O–H groups in total. The topological polar surface area (TPSA) is 64.3 Å². The molecule has 14 rings (SSSR count). The highest BCUT2D eigenvalue weighted by atomic mass is 35.5. The second-order valence-corrected chi connectivity index (χ2v) is 19.9. The van der Waals surface area contributed by atoms with E-state index in [2.05, 4.69) is 207 Å². The summed E-state index contributed by atoms with van der Waals surface area (Å²) in [6, 6.07) is 92.0. The van der Waals surface area contributed by atoms with E-state index in [-0.39, 0.29) is 0 Å². The first-order valence-corrected chi connectivity index (χ1v) is 27.1. The second kappa shape index (κ2) is 23.7. The molecule has 78 heavy (non-hydrogen) atoms. The summed E-state index contributed by atoms with van der Waals surface area (Å²) >= 11 is 6.01. The van der Waals surface area contributed by atoms with Gasteiger partial charge >= 0.3 is 0 Å². The molecule has 0 amide bonds. The molecule has 0 saturated carbocycles. The molecule has 0 radical (unpaired) electrons. The fraction of sp³-hybridized carbons (Fsp3) is 0.0685. The van der Waals surface area contributed by atoms with Crippen LogP contribution in [0.1, 0.15) is 33.1 Å². The molecule has 380 valence electrons. The van der Waals surface area contributed by atoms with Gasteiger partial charge in [0.1, 0.15) is 22.3 Å². The smallest absolute Gasteiger partial charge is 0.135 e. The summed E-state index contributed by atoms with van der Waals surface area (Å²) in [5, 5.41) is 14.0. The van der Waals surface area contributed by atoms with Crippen LogP contribution in [0, 0.1) is 0 Å². The van der Waals surface area contributed by atoms with Gasteiger partial charge in [-0.2, -0.15) is 0 Å². The van der Waals surface area contributed by atoms with E-state index in [1.54, 1.807) is 0 Å². The van der Waals surface area contributed by atoms with E-state index in [0.717, 1.165) is 77.1 Å². The van der Waals surface area contributed by atoms with E-state index >= 15 is 0 Å². The number of hydrogen-bond donors (Lipinski definition) is 2. The van der Waals surface area contributed by atoms with Crippen molar-refractivity contribution in [3.63, 3.8) is 0 Å². The molecule has 5 heteroatoms. The number of nitrogens with two attached hydrogens (primary N) is 1. The third kappa shape index (κ3) is 11.7. The Balaban J connectivity index is 0.000000129. The van der Waals surface area contributed by atoms with Gasteiger partial charge in [0.15, 0.2) is 0 Å². The summed E-state index contributed by atoms with van der Waals surface area (Å²) in [6.45, 7) is 4.42. The third-order valence-corrected chi connectivity index (χ3v) is 14.3. The summed E-state index contributed by atoms with van der Waals surface area (Å²) in [6.07, 6.45) is 4.08. The lowest BCUT2D eigenvalue weighted by Crippen LogP contribution is -1.91. The zero-order valence-corrected chi connectivity index (χ0v) is 44.6. The number of furan rings is 2. The van der Waals surface area contributed by atoms with Crippen LogP contribution in [0.2, 0.25) is 5.02 Å². The van der Waals surface area contributed by atoms with E-state index in [4.69, 9.17) is 26.2 Å². The van der Waals surface area contributed by atoms with E-state index in [0.29, 0.717) is 0 Å². The lowest BCUT2D eigenvalue weighted by atomic mass is 10.0. The first-order valence-electron chi connectivity index (χ1n) is 26.8. The highest BCUT2D eigenvalue weighted by Gasteiger charge is 2.10. The molecular weight excluding hydrogens is 972 g/mol. The lowest BCUT2D eigenvalue weighted by Gasteiger charge is -2.10. The molecule has 0 aliphatic rings. The van der Waals surface area contributed by atoms with Crippen LogP contribution in [0.3, 0.4) is 0 Å². The van der Waals surface area contributed by atoms with Crippen molar-refractivity contribution in [1.29, 1.82) is 0 Å². The van der Waals surface area contributed by atoms with Crippen molar-refractivity contribution < 1.29 is 8.83 Å². The van der Waals surface area contributed by atoms with E-state index in [1.165, 1.54) is 74.2 Å². The number of para-hydroxylation sites is 2. The number of anilines is 3. The van der Waals surface area contributed by atoms with Crippen LogP contribution in [0.5, 0.6) is 0 Å². The molecule has 0 bridgehead atoms. The molecule has 0 aliphatic heterocycles. The fourth-order valence-electron chi connectivity index (χ4n) is 9.94. The number of halogens is 1. The summed E-state index contributed by atoms with van der Waals surface area (Å²) in [5.41, 5.74) is 21.8. The van der Waals surface area contributed by atoms with Crippen LogP contribution in [0.15, 0.2) is 276 Å². The van der Waals surface area contributed by atoms with E-state index in [1.807, 2.05) is 78.9 Å². The maximum absolute atomic E-state index is 6.01. The zero-order chi connectivity index (χ0) is 53.2. The zero-order valence-electron chi connectivity index (χ0n) is 43.8. The molecule has 4 nitrogen and oxygen atoms in total. The summed E-state index contributed by atoms with van der Waals surface area (Å²) in [7, 11) is 0. The average Bonchev–Trinajstić information content (AvgIpc) is 4.16. The van der Waals surface area contributed by atoms with Crippen molar-refractivity contribution in [3.8, 4) is 44.5 Å². The van der Waals surface area contributed by atoms with Gasteiger partial charge in [-0.25, -0.2) is 0 Å². The minimum atomic E-state index is 0.774. The summed E-state index contributed by atoms with van der Waals surface area (Å²) in [4.78, 5) is 0. The Morgan fingerprint density at radius 2 is 0.731 bits per heavy atom. The quantitative estimate of drug-likeness (QED) is 0.149. The molecule has 0 aliphatic carbocycles. The minimum Gasteiger partial charge on any atom is -0.456 e. The molecule has 0 atom stereocenters. The minimum absolute atomic E-state index is 0.774. The highest BCUT2D eigenvalue weighted by Crippen LogP contribution is 2.35. The number of rotatable bonds is 8. The predicted octanol–water partition coefficient (Wildman–Crippen LogP) is 22.0. The second-order valence-electron chi connectivity index (χ2n) is 19.5. The number of unbranched alkanes of at least 4 members (excludes halogenated alkanes) is 2. The Bertz CT molecular complexity index is 4320. The summed E-state index contributed by atoms with van der Waals surface area (Å²) in [5.74, 6) is 0. The van der Waals surface area contributed by atoms with E-state index < -0.39 is 0 Å². The maximum Gasteiger partial charge on any atom is 0.135 e. The van der Waals surface area contributed by atoms with Gasteiger partial charge in [-0.15, -0.1) is 0 Å². The van der Waals surface area contributed by atoms with Gasteiger partial charge in [0.2, 0.25) is 0 Å². The van der Waals surface area contributed by atoms with Crippen LogP contribution in [-0.4, -0.2) is 0 Å². The molecule has 14 aromatic rings. The Hall–Kier alpha value is -9.35. The van der Waals surface area contributed by atoms with Gasteiger partial charge in [-0.1, -0.05) is 215 Å². The molecule has 2 aromatic heterocycles. The average molecular weight is 1030 g/mol. The van der Waals surface area contributed by atoms with Crippen molar-refractivity contribution in [3.05, 3.63) is 272 Å². The Kier molecular flexibility index (Phi) is 15.4. The number of nitrogen functional groups attached to an aromatic ring is 1. The fourth-order valence-corrected chi connectivity index (χ4v) is 10.1. The molecular formula is C73H59ClN2O2. The molecule has 0 fully saturated rings. The highest BCUT2D eigenvalue weighted by molar-refractivity contribution is 6.30. The van der Waals surface area contributed by atoms with Crippen LogP contribution in [0.4, 0.5) is 17.1 Å². The molecule has 2 heterocycles. The van der Waals surface area contributed by atoms with Gasteiger partial charge < -0.3 is 19.9 Å². The third-order valence-electron chi connectivity index (χ3n) is 14.1. The number of nitrogens with one attached hydrogen (secondary N) is 1. The van der Waals surface area contributed by atoms with Gasteiger partial charge in [0, 0.05) is 43.6 Å². The van der Waals surface area contributed by atoms with Gasteiger partial charge in [-0.3, -0.25) is 0 Å². The molecule has 0 spiro atoms. The Labute approximate surface area is 461 Å². The predicted molar refractivity (Wildman–Crippen MR) is 335 cm³/mol. The first kappa shape index (κ1) is 50.8. The van der Waals surface area contributed by atoms with Crippen LogP contribution < -0.4 is 11.1 Å². The standard InChI is InChI=1S/C34H23NO.C18H13NO.C16H11Cl.C5H12/c1-2-7-25-20-27(13-12-23(25)6-1)26-8-5-9-30(21-26)35-29-17-14-24(15-18-29)28-16-19-34-32(22-28)31-10-3-4-11-33(31)36-34;19-14-8-5-12(6-9-14)13-7-10-18-16(11-13)15-3-1-2-4-17(15)20-18;17-16-7-3-6-14(11-16)15-9-8-12-4-1-2-5-13(12)10-15;1-3-5-4-2/h1-22,35H;1-11H,19H2;1-11H;3-5H2,1-2H3. The van der Waals surface area contributed by atoms with Crippen LogP contribution >= 0.6 is 11.6 Å². The SMILES string of the molecule is CCCCC.Clc1cccc(-c2ccc3ccccc3c2)c1.Nc1ccc(-c2ccc3oc4ccccc4c3c2)cc1.c1cc(Nc2ccc(-c3ccc4oc5ccccc5c4c3)cc2)cc(-c2ccc3ccccc3c2)c1. The van der Waals surface area contributed by atoms with Gasteiger partial charge in [0.25, 0.3) is 0 Å². The summed E-state index contributed by atoms with van der Waals surface area (Å²) < 4.78 is 11.8. The van der Waals surface area contributed by atoms with Crippen molar-refractivity contribution in [1.82, 2.24) is 0 Å². The maximum atomic E-state index is 6.01. The first-order chi connectivity index (χ1) is 38.3. The largest absolute Gasteiger partial charge is 0.456 e. The lowest BCUT2D eigenvalue weighted by molar-refractivity contribution is 0.668. The van der Waals surface area contributed by atoms with Crippen LogP contribution in [-0.2, 0) is 0 Å². The normalized spacial score (nSPS) is 11.0. The monoisotopic (exact) mass is 1030 g/mol. The number of fused-ring (bicyclic) bond motifs is 8. The van der Waals surface area contributed by atoms with Crippen molar-refractivity contribution >= 4 is 94.1 Å². The van der Waals surface area contributed by atoms with Gasteiger partial charge in [-0.05, 0) is 163 Å². The van der Waals surface area contributed by atoms with Crippen molar-refractivity contribution in [2.45, 2.75) is 33.1 Å². The Morgan fingerprint density at radius 3 is 1.24 bits per heavy atom. The molecule has 0 unspecified atom stereocenters.